The molecular weight excluding hydrogens is 319 g/mol. The summed E-state index contributed by atoms with van der Waals surface area (Å²) in [5.41, 5.74) is -1.39. The van der Waals surface area contributed by atoms with Crippen molar-refractivity contribution in [3.05, 3.63) is 35.4 Å². The summed E-state index contributed by atoms with van der Waals surface area (Å²) in [5, 5.41) is 5.00. The Bertz CT molecular complexity index is 623. The summed E-state index contributed by atoms with van der Waals surface area (Å²) >= 11 is 0. The molecule has 3 rings (SSSR count). The Balaban J connectivity index is 1.45. The molecule has 0 heterocycles. The van der Waals surface area contributed by atoms with Crippen molar-refractivity contribution in [3.8, 4) is 0 Å². The van der Waals surface area contributed by atoms with Gasteiger partial charge >= 0.3 is 12.2 Å². The number of carbonyl (C=O) groups excluding carboxylic acids is 1. The van der Waals surface area contributed by atoms with Gasteiger partial charge in [-0.1, -0.05) is 12.1 Å². The molecule has 1 spiro atoms. The van der Waals surface area contributed by atoms with E-state index in [1.807, 2.05) is 0 Å². The second-order valence-corrected chi connectivity index (χ2v) is 6.29. The van der Waals surface area contributed by atoms with E-state index in [1.54, 1.807) is 0 Å². The lowest BCUT2D eigenvalue weighted by molar-refractivity contribution is -0.137. The van der Waals surface area contributed by atoms with Gasteiger partial charge in [-0.15, -0.1) is 0 Å². The average Bonchev–Trinajstić information content (AvgIpc) is 2.98. The number of alkyl halides is 5. The molecule has 0 bridgehead atoms. The molecule has 2 N–H and O–H groups in total. The van der Waals surface area contributed by atoms with Crippen LogP contribution in [-0.4, -0.2) is 18.0 Å². The van der Waals surface area contributed by atoms with Crippen molar-refractivity contribution in [1.82, 2.24) is 10.6 Å². The van der Waals surface area contributed by atoms with Gasteiger partial charge in [-0.3, -0.25) is 0 Å². The second kappa shape index (κ2) is 5.07. The molecule has 0 aromatic heterocycles. The maximum atomic E-state index is 13.0. The Labute approximate surface area is 129 Å². The molecule has 2 amide bonds. The smallest absolute Gasteiger partial charge is 0.335 e. The van der Waals surface area contributed by atoms with Gasteiger partial charge < -0.3 is 10.6 Å². The van der Waals surface area contributed by atoms with Gasteiger partial charge in [0.25, 0.3) is 5.92 Å². The van der Waals surface area contributed by atoms with Crippen LogP contribution < -0.4 is 10.6 Å². The summed E-state index contributed by atoms with van der Waals surface area (Å²) in [5.74, 6) is -2.61. The first-order valence-corrected chi connectivity index (χ1v) is 7.20. The van der Waals surface area contributed by atoms with Crippen LogP contribution >= 0.6 is 0 Å². The van der Waals surface area contributed by atoms with Crippen LogP contribution in [0.15, 0.2) is 24.3 Å². The number of hydrogen-bond donors (Lipinski definition) is 2. The Hall–Kier alpha value is -1.86. The highest BCUT2D eigenvalue weighted by Crippen LogP contribution is 2.70. The Kier molecular flexibility index (Phi) is 3.53. The van der Waals surface area contributed by atoms with Gasteiger partial charge in [0.15, 0.2) is 0 Å². The van der Waals surface area contributed by atoms with Crippen LogP contribution in [0.2, 0.25) is 0 Å². The largest absolute Gasteiger partial charge is 0.416 e. The Morgan fingerprint density at radius 1 is 1.26 bits per heavy atom. The van der Waals surface area contributed by atoms with Crippen LogP contribution in [0, 0.1) is 5.41 Å². The number of nitrogens with one attached hydrogen (secondary N) is 2. The first-order chi connectivity index (χ1) is 10.6. The minimum atomic E-state index is -4.44. The normalized spacial score (nSPS) is 28.1. The Morgan fingerprint density at radius 3 is 2.48 bits per heavy atom. The van der Waals surface area contributed by atoms with Crippen LogP contribution in [0.1, 0.15) is 30.4 Å². The van der Waals surface area contributed by atoms with Crippen molar-refractivity contribution in [3.63, 3.8) is 0 Å². The lowest BCUT2D eigenvalue weighted by atomic mass is 9.76. The molecule has 0 atom stereocenters. The lowest BCUT2D eigenvalue weighted by Crippen LogP contribution is -2.50. The standard InChI is InChI=1S/C15H15F5N2O/c16-14(17)8-13(14)5-11(6-13)22-12(23)21-7-9-2-1-3-10(4-9)15(18,19)20/h1-4,11H,5-8H2,(H2,21,22,23)/t11-,13+. The van der Waals surface area contributed by atoms with Crippen molar-refractivity contribution in [2.75, 3.05) is 0 Å². The van der Waals surface area contributed by atoms with Crippen LogP contribution in [0.5, 0.6) is 0 Å². The minimum Gasteiger partial charge on any atom is -0.335 e. The van der Waals surface area contributed by atoms with Crippen LogP contribution in [0.25, 0.3) is 0 Å². The highest BCUT2D eigenvalue weighted by molar-refractivity contribution is 5.74. The summed E-state index contributed by atoms with van der Waals surface area (Å²) in [6, 6.07) is 3.79. The molecule has 1 aromatic carbocycles. The molecule has 2 aliphatic rings. The zero-order valence-corrected chi connectivity index (χ0v) is 12.0. The molecule has 8 heteroatoms. The minimum absolute atomic E-state index is 0.0657. The first kappa shape index (κ1) is 16.0. The molecule has 0 radical (unpaired) electrons. The fraction of sp³-hybridized carbons (Fsp3) is 0.533. The van der Waals surface area contributed by atoms with E-state index in [0.717, 1.165) is 12.1 Å². The average molecular weight is 334 g/mol. The highest BCUT2D eigenvalue weighted by atomic mass is 19.4. The number of hydrogen-bond acceptors (Lipinski definition) is 1. The number of halogens is 5. The quantitative estimate of drug-likeness (QED) is 0.813. The predicted molar refractivity (Wildman–Crippen MR) is 71.8 cm³/mol. The second-order valence-electron chi connectivity index (χ2n) is 6.29. The van der Waals surface area contributed by atoms with E-state index in [-0.39, 0.29) is 31.8 Å². The topological polar surface area (TPSA) is 41.1 Å². The van der Waals surface area contributed by atoms with Crippen molar-refractivity contribution in [2.45, 2.75) is 43.9 Å². The van der Waals surface area contributed by atoms with E-state index in [2.05, 4.69) is 10.6 Å². The maximum Gasteiger partial charge on any atom is 0.416 e. The van der Waals surface area contributed by atoms with Gasteiger partial charge in [0.1, 0.15) is 0 Å². The highest BCUT2D eigenvalue weighted by Gasteiger charge is 2.75. The van der Waals surface area contributed by atoms with Crippen LogP contribution in [-0.2, 0) is 12.7 Å². The summed E-state index contributed by atoms with van der Waals surface area (Å²) in [7, 11) is 0. The fourth-order valence-corrected chi connectivity index (χ4v) is 3.09. The molecular formula is C15H15F5N2O. The summed E-state index contributed by atoms with van der Waals surface area (Å²) < 4.78 is 63.8. The van der Waals surface area contributed by atoms with Crippen molar-refractivity contribution in [1.29, 1.82) is 0 Å². The van der Waals surface area contributed by atoms with Crippen LogP contribution in [0.3, 0.4) is 0 Å². The number of rotatable bonds is 3. The van der Waals surface area contributed by atoms with Gasteiger partial charge in [0.2, 0.25) is 0 Å². The van der Waals surface area contributed by atoms with Gasteiger partial charge in [-0.05, 0) is 30.5 Å². The van der Waals surface area contributed by atoms with E-state index in [9.17, 15) is 26.7 Å². The summed E-state index contributed by atoms with van der Waals surface area (Å²) in [6.45, 7) is -0.0657. The van der Waals surface area contributed by atoms with E-state index < -0.39 is 29.1 Å². The van der Waals surface area contributed by atoms with Gasteiger partial charge in [0.05, 0.1) is 5.56 Å². The molecule has 2 fully saturated rings. The molecule has 0 unspecified atom stereocenters. The molecule has 3 nitrogen and oxygen atoms in total. The summed E-state index contributed by atoms with van der Waals surface area (Å²) in [6.07, 6.45) is -4.06. The van der Waals surface area contributed by atoms with Crippen molar-refractivity contribution < 1.29 is 26.7 Å². The van der Waals surface area contributed by atoms with Gasteiger partial charge in [-0.2, -0.15) is 13.2 Å². The van der Waals surface area contributed by atoms with E-state index in [4.69, 9.17) is 0 Å². The molecule has 2 saturated carbocycles. The van der Waals surface area contributed by atoms with Gasteiger partial charge in [0, 0.05) is 24.4 Å². The number of urea groups is 1. The summed E-state index contributed by atoms with van der Waals surface area (Å²) in [4.78, 5) is 11.7. The number of benzene rings is 1. The monoisotopic (exact) mass is 334 g/mol. The zero-order chi connectivity index (χ0) is 16.9. The van der Waals surface area contributed by atoms with Crippen molar-refractivity contribution in [2.24, 2.45) is 5.41 Å². The van der Waals surface area contributed by atoms with Crippen molar-refractivity contribution >= 4 is 6.03 Å². The van der Waals surface area contributed by atoms with E-state index >= 15 is 0 Å². The predicted octanol–water partition coefficient (Wildman–Crippen LogP) is 3.69. The maximum absolute atomic E-state index is 13.0. The third-order valence-corrected chi connectivity index (χ3v) is 4.53. The fourth-order valence-electron chi connectivity index (χ4n) is 3.09. The lowest BCUT2D eigenvalue weighted by Gasteiger charge is -2.36. The molecule has 0 saturated heterocycles. The third kappa shape index (κ3) is 3.11. The molecule has 0 aliphatic heterocycles. The van der Waals surface area contributed by atoms with E-state index in [1.165, 1.54) is 12.1 Å². The molecule has 1 aromatic rings. The number of carbonyl (C=O) groups is 1. The third-order valence-electron chi connectivity index (χ3n) is 4.53. The molecule has 2 aliphatic carbocycles. The number of amides is 2. The van der Waals surface area contributed by atoms with Gasteiger partial charge in [-0.25, -0.2) is 13.6 Å². The first-order valence-electron chi connectivity index (χ1n) is 7.20. The van der Waals surface area contributed by atoms with Crippen LogP contribution in [0.4, 0.5) is 26.7 Å². The van der Waals surface area contributed by atoms with E-state index in [0.29, 0.717) is 5.56 Å². The molecule has 126 valence electrons. The Morgan fingerprint density at radius 2 is 1.91 bits per heavy atom. The zero-order valence-electron chi connectivity index (χ0n) is 12.0. The molecule has 23 heavy (non-hydrogen) atoms. The SMILES string of the molecule is O=C(NCc1cccc(C(F)(F)F)c1)N[C@H]1C[C@]2(CC2(F)F)C1.